The summed E-state index contributed by atoms with van der Waals surface area (Å²) in [4.78, 5) is 11.6. The van der Waals surface area contributed by atoms with Crippen molar-refractivity contribution in [1.29, 1.82) is 0 Å². The van der Waals surface area contributed by atoms with Gasteiger partial charge in [0.05, 0.1) is 10.0 Å². The topological polar surface area (TPSA) is 64.3 Å². The Balaban J connectivity index is 1.76. The molecule has 2 rings (SSSR count). The van der Waals surface area contributed by atoms with E-state index in [1.807, 2.05) is 0 Å². The molecule has 0 heterocycles. The van der Waals surface area contributed by atoms with E-state index in [1.54, 1.807) is 18.2 Å². The molecule has 19 heavy (non-hydrogen) atoms. The molecular formula is C13H16Cl2N2O2. The highest BCUT2D eigenvalue weighted by Crippen LogP contribution is 2.32. The number of rotatable bonds is 6. The van der Waals surface area contributed by atoms with Gasteiger partial charge in [0.2, 0.25) is 0 Å². The molecule has 1 fully saturated rings. The van der Waals surface area contributed by atoms with Crippen molar-refractivity contribution in [3.63, 3.8) is 0 Å². The number of hydrogen-bond acceptors (Lipinski definition) is 3. The summed E-state index contributed by atoms with van der Waals surface area (Å²) in [5.74, 6) is 0.652. The van der Waals surface area contributed by atoms with Crippen LogP contribution in [-0.4, -0.2) is 25.1 Å². The number of ether oxygens (including phenoxy) is 1. The van der Waals surface area contributed by atoms with Crippen LogP contribution in [0, 0.1) is 5.92 Å². The molecule has 0 saturated heterocycles. The van der Waals surface area contributed by atoms with Crippen LogP contribution in [0.25, 0.3) is 0 Å². The van der Waals surface area contributed by atoms with Crippen molar-refractivity contribution < 1.29 is 9.53 Å². The molecule has 1 aromatic rings. The lowest BCUT2D eigenvalue weighted by atomic mass is 10.2. The van der Waals surface area contributed by atoms with E-state index in [9.17, 15) is 4.79 Å². The van der Waals surface area contributed by atoms with Gasteiger partial charge in [0.15, 0.2) is 12.4 Å². The van der Waals surface area contributed by atoms with Gasteiger partial charge in [-0.25, -0.2) is 0 Å². The second-order valence-corrected chi connectivity index (χ2v) is 5.46. The molecule has 4 nitrogen and oxygen atoms in total. The van der Waals surface area contributed by atoms with Gasteiger partial charge < -0.3 is 15.8 Å². The lowest BCUT2D eigenvalue weighted by Crippen LogP contribution is -2.40. The maximum atomic E-state index is 11.6. The van der Waals surface area contributed by atoms with E-state index >= 15 is 0 Å². The Bertz CT molecular complexity index is 444. The van der Waals surface area contributed by atoms with Gasteiger partial charge in [-0.3, -0.25) is 4.79 Å². The first-order valence-electron chi connectivity index (χ1n) is 6.17. The molecule has 0 spiro atoms. The minimum Gasteiger partial charge on any atom is -0.481 e. The summed E-state index contributed by atoms with van der Waals surface area (Å²) in [5, 5.41) is 3.51. The van der Waals surface area contributed by atoms with Crippen molar-refractivity contribution >= 4 is 29.1 Å². The fourth-order valence-electron chi connectivity index (χ4n) is 1.73. The Kier molecular flexibility index (Phi) is 4.91. The van der Waals surface area contributed by atoms with Gasteiger partial charge in [-0.05, 0) is 30.9 Å². The van der Waals surface area contributed by atoms with Crippen LogP contribution in [-0.2, 0) is 4.79 Å². The summed E-state index contributed by atoms with van der Waals surface area (Å²) in [5.41, 5.74) is 5.89. The van der Waals surface area contributed by atoms with Gasteiger partial charge >= 0.3 is 0 Å². The second kappa shape index (κ2) is 6.46. The number of halogens is 2. The van der Waals surface area contributed by atoms with E-state index < -0.39 is 0 Å². The molecule has 1 atom stereocenters. The van der Waals surface area contributed by atoms with E-state index in [1.165, 1.54) is 0 Å². The first-order chi connectivity index (χ1) is 9.08. The van der Waals surface area contributed by atoms with Crippen LogP contribution >= 0.6 is 23.2 Å². The van der Waals surface area contributed by atoms with Crippen molar-refractivity contribution in [1.82, 2.24) is 5.32 Å². The molecular weight excluding hydrogens is 287 g/mol. The van der Waals surface area contributed by atoms with Gasteiger partial charge in [0.1, 0.15) is 0 Å². The predicted molar refractivity (Wildman–Crippen MR) is 75.7 cm³/mol. The summed E-state index contributed by atoms with van der Waals surface area (Å²) in [6.07, 6.45) is 2.31. The smallest absolute Gasteiger partial charge is 0.257 e. The molecule has 1 aromatic carbocycles. The van der Waals surface area contributed by atoms with E-state index in [0.29, 0.717) is 28.3 Å². The van der Waals surface area contributed by atoms with Crippen LogP contribution in [0.4, 0.5) is 0 Å². The molecule has 1 saturated carbocycles. The van der Waals surface area contributed by atoms with Gasteiger partial charge in [-0.1, -0.05) is 29.3 Å². The van der Waals surface area contributed by atoms with Gasteiger partial charge in [-0.2, -0.15) is 0 Å². The number of benzene rings is 1. The quantitative estimate of drug-likeness (QED) is 0.847. The molecule has 1 amide bonds. The van der Waals surface area contributed by atoms with Crippen LogP contribution in [0.1, 0.15) is 12.8 Å². The second-order valence-electron chi connectivity index (χ2n) is 4.64. The number of hydrogen-bond donors (Lipinski definition) is 2. The fourth-order valence-corrected chi connectivity index (χ4v) is 2.24. The first-order valence-corrected chi connectivity index (χ1v) is 6.92. The molecule has 0 radical (unpaired) electrons. The van der Waals surface area contributed by atoms with E-state index in [0.717, 1.165) is 12.8 Å². The standard InChI is InChI=1S/C13H16Cl2N2O2/c14-9-2-1-3-10(15)13(9)19-7-12(18)17-6-11(16)8-4-5-8/h1-3,8,11H,4-7,16H2,(H,17,18). The zero-order valence-corrected chi connectivity index (χ0v) is 11.9. The van der Waals surface area contributed by atoms with Gasteiger partial charge in [-0.15, -0.1) is 0 Å². The maximum absolute atomic E-state index is 11.6. The molecule has 6 heteroatoms. The summed E-state index contributed by atoms with van der Waals surface area (Å²) in [6, 6.07) is 5.06. The van der Waals surface area contributed by atoms with Crippen LogP contribution in [0.3, 0.4) is 0 Å². The fraction of sp³-hybridized carbons (Fsp3) is 0.462. The minimum atomic E-state index is -0.230. The normalized spacial score (nSPS) is 15.9. The number of carbonyl (C=O) groups is 1. The zero-order chi connectivity index (χ0) is 13.8. The van der Waals surface area contributed by atoms with Crippen LogP contribution in [0.5, 0.6) is 5.75 Å². The Morgan fingerprint density at radius 3 is 2.63 bits per heavy atom. The van der Waals surface area contributed by atoms with Crippen molar-refractivity contribution in [2.75, 3.05) is 13.2 Å². The van der Waals surface area contributed by atoms with Crippen LogP contribution in [0.2, 0.25) is 10.0 Å². The summed E-state index contributed by atoms with van der Waals surface area (Å²) in [6.45, 7) is 0.351. The van der Waals surface area contributed by atoms with Crippen molar-refractivity contribution in [3.8, 4) is 5.75 Å². The highest BCUT2D eigenvalue weighted by molar-refractivity contribution is 6.37. The zero-order valence-electron chi connectivity index (χ0n) is 10.4. The number of nitrogens with two attached hydrogens (primary N) is 1. The van der Waals surface area contributed by atoms with Crippen molar-refractivity contribution in [3.05, 3.63) is 28.2 Å². The first kappa shape index (κ1) is 14.4. The Labute approximate surface area is 122 Å². The average molecular weight is 303 g/mol. The van der Waals surface area contributed by atoms with Crippen LogP contribution in [0.15, 0.2) is 18.2 Å². The Hall–Kier alpha value is -0.970. The van der Waals surface area contributed by atoms with Gasteiger partial charge in [0.25, 0.3) is 5.91 Å². The molecule has 1 aliphatic carbocycles. The lowest BCUT2D eigenvalue weighted by Gasteiger charge is -2.13. The lowest BCUT2D eigenvalue weighted by molar-refractivity contribution is -0.123. The van der Waals surface area contributed by atoms with Crippen molar-refractivity contribution in [2.24, 2.45) is 11.7 Å². The molecule has 0 aliphatic heterocycles. The van der Waals surface area contributed by atoms with E-state index in [4.69, 9.17) is 33.7 Å². The SMILES string of the molecule is NC(CNC(=O)COc1c(Cl)cccc1Cl)C1CC1. The molecule has 1 aliphatic rings. The molecule has 0 bridgehead atoms. The number of amides is 1. The Morgan fingerprint density at radius 1 is 1.42 bits per heavy atom. The van der Waals surface area contributed by atoms with Crippen molar-refractivity contribution in [2.45, 2.75) is 18.9 Å². The van der Waals surface area contributed by atoms with E-state index in [2.05, 4.69) is 5.32 Å². The molecule has 3 N–H and O–H groups in total. The predicted octanol–water partition coefficient (Wildman–Crippen LogP) is 2.23. The number of nitrogens with one attached hydrogen (secondary N) is 1. The Morgan fingerprint density at radius 2 is 2.05 bits per heavy atom. The maximum Gasteiger partial charge on any atom is 0.257 e. The molecule has 0 aromatic heterocycles. The van der Waals surface area contributed by atoms with E-state index in [-0.39, 0.29) is 18.6 Å². The third-order valence-corrected chi connectivity index (χ3v) is 3.62. The number of carbonyl (C=O) groups excluding carboxylic acids is 1. The molecule has 104 valence electrons. The average Bonchev–Trinajstić information content (AvgIpc) is 3.19. The largest absolute Gasteiger partial charge is 0.481 e. The summed E-state index contributed by atoms with van der Waals surface area (Å²) < 4.78 is 5.32. The third kappa shape index (κ3) is 4.27. The highest BCUT2D eigenvalue weighted by atomic mass is 35.5. The molecule has 1 unspecified atom stereocenters. The monoisotopic (exact) mass is 302 g/mol. The highest BCUT2D eigenvalue weighted by Gasteiger charge is 2.28. The number of para-hydroxylation sites is 1. The third-order valence-electron chi connectivity index (χ3n) is 3.03. The summed E-state index contributed by atoms with van der Waals surface area (Å²) in [7, 11) is 0. The van der Waals surface area contributed by atoms with Crippen LogP contribution < -0.4 is 15.8 Å². The van der Waals surface area contributed by atoms with Gasteiger partial charge in [0, 0.05) is 12.6 Å². The summed E-state index contributed by atoms with van der Waals surface area (Å²) >= 11 is 11.9. The minimum absolute atomic E-state index is 0.0350.